The zero-order valence-corrected chi connectivity index (χ0v) is 19.6. The van der Waals surface area contributed by atoms with E-state index in [9.17, 15) is 13.2 Å². The number of hydrogen-bond acceptors (Lipinski definition) is 5. The molecule has 0 radical (unpaired) electrons. The molecule has 0 spiro atoms. The van der Waals surface area contributed by atoms with Crippen LogP contribution in [0.3, 0.4) is 0 Å². The number of carbonyl (C=O) groups is 1. The number of halogens is 2. The van der Waals surface area contributed by atoms with Gasteiger partial charge in [-0.2, -0.15) is 14.5 Å². The van der Waals surface area contributed by atoms with E-state index >= 15 is 0 Å². The van der Waals surface area contributed by atoms with Crippen molar-refractivity contribution in [3.63, 3.8) is 0 Å². The molecule has 32 heavy (non-hydrogen) atoms. The maximum Gasteiger partial charge on any atom is 0.246 e. The number of piperidine rings is 1. The minimum absolute atomic E-state index is 0.0843. The molecular formula is C20H22Cl2N6O3S. The van der Waals surface area contributed by atoms with Crippen molar-refractivity contribution in [2.45, 2.75) is 24.3 Å². The molecule has 0 saturated carbocycles. The predicted molar refractivity (Wildman–Crippen MR) is 121 cm³/mol. The highest BCUT2D eigenvalue weighted by Gasteiger charge is 2.34. The summed E-state index contributed by atoms with van der Waals surface area (Å²) in [6.07, 6.45) is 5.52. The van der Waals surface area contributed by atoms with Crippen LogP contribution in [0.4, 0.5) is 5.82 Å². The lowest BCUT2D eigenvalue weighted by atomic mass is 9.99. The molecule has 12 heteroatoms. The van der Waals surface area contributed by atoms with Gasteiger partial charge in [-0.05, 0) is 24.5 Å². The molecule has 170 valence electrons. The van der Waals surface area contributed by atoms with Crippen LogP contribution in [0.15, 0.2) is 47.8 Å². The van der Waals surface area contributed by atoms with E-state index in [-0.39, 0.29) is 23.2 Å². The lowest BCUT2D eigenvalue weighted by molar-refractivity contribution is -0.120. The smallest absolute Gasteiger partial charge is 0.246 e. The maximum absolute atomic E-state index is 12.9. The van der Waals surface area contributed by atoms with Gasteiger partial charge < -0.3 is 5.32 Å². The molecule has 3 aromatic rings. The van der Waals surface area contributed by atoms with E-state index < -0.39 is 15.9 Å². The number of nitrogens with one attached hydrogen (secondary N) is 1. The fraction of sp³-hybridized carbons (Fsp3) is 0.350. The molecule has 1 saturated heterocycles. The van der Waals surface area contributed by atoms with Crippen LogP contribution in [-0.2, 0) is 28.4 Å². The largest absolute Gasteiger partial charge is 0.308 e. The third-order valence-corrected chi connectivity index (χ3v) is 7.79. The van der Waals surface area contributed by atoms with Crippen LogP contribution in [0.5, 0.6) is 0 Å². The van der Waals surface area contributed by atoms with Crippen molar-refractivity contribution in [1.29, 1.82) is 0 Å². The van der Waals surface area contributed by atoms with Gasteiger partial charge in [-0.3, -0.25) is 14.2 Å². The van der Waals surface area contributed by atoms with Gasteiger partial charge in [0.2, 0.25) is 15.9 Å². The van der Waals surface area contributed by atoms with E-state index in [2.05, 4.69) is 15.5 Å². The maximum atomic E-state index is 12.9. The fourth-order valence-corrected chi connectivity index (χ4v) is 5.54. The first kappa shape index (κ1) is 22.8. The van der Waals surface area contributed by atoms with Crippen LogP contribution in [0, 0.1) is 5.92 Å². The molecule has 1 aromatic carbocycles. The van der Waals surface area contributed by atoms with Crippen LogP contribution in [0.1, 0.15) is 18.4 Å². The quantitative estimate of drug-likeness (QED) is 0.564. The van der Waals surface area contributed by atoms with Crippen molar-refractivity contribution in [3.05, 3.63) is 58.5 Å². The first-order chi connectivity index (χ1) is 15.2. The molecule has 3 heterocycles. The monoisotopic (exact) mass is 496 g/mol. The van der Waals surface area contributed by atoms with Crippen LogP contribution < -0.4 is 5.32 Å². The summed E-state index contributed by atoms with van der Waals surface area (Å²) >= 11 is 12.5. The molecule has 0 unspecified atom stereocenters. The molecule has 0 bridgehead atoms. The van der Waals surface area contributed by atoms with Gasteiger partial charge in [-0.25, -0.2) is 8.42 Å². The zero-order chi connectivity index (χ0) is 22.9. The Kier molecular flexibility index (Phi) is 6.57. The Hall–Kier alpha value is -2.40. The van der Waals surface area contributed by atoms with Crippen molar-refractivity contribution >= 4 is 45.0 Å². The second-order valence-electron chi connectivity index (χ2n) is 7.66. The highest BCUT2D eigenvalue weighted by molar-refractivity contribution is 7.89. The average molecular weight is 497 g/mol. The van der Waals surface area contributed by atoms with Gasteiger partial charge in [0.25, 0.3) is 0 Å². The summed E-state index contributed by atoms with van der Waals surface area (Å²) in [5.41, 5.74) is 0.870. The van der Waals surface area contributed by atoms with Crippen molar-refractivity contribution in [2.24, 2.45) is 13.0 Å². The number of amides is 1. The first-order valence-corrected chi connectivity index (χ1v) is 12.2. The molecule has 1 atom stereocenters. The molecule has 1 fully saturated rings. The van der Waals surface area contributed by atoms with E-state index in [4.69, 9.17) is 23.2 Å². The molecule has 1 N–H and O–H groups in total. The summed E-state index contributed by atoms with van der Waals surface area (Å²) in [5.74, 6) is -0.600. The van der Waals surface area contributed by atoms with Crippen LogP contribution in [0.25, 0.3) is 0 Å². The van der Waals surface area contributed by atoms with E-state index in [0.717, 1.165) is 5.56 Å². The number of sulfonamides is 1. The van der Waals surface area contributed by atoms with Crippen molar-refractivity contribution in [1.82, 2.24) is 23.9 Å². The second-order valence-corrected chi connectivity index (χ2v) is 10.4. The Morgan fingerprint density at radius 1 is 1.22 bits per heavy atom. The summed E-state index contributed by atoms with van der Waals surface area (Å²) in [4.78, 5) is 13.0. The van der Waals surface area contributed by atoms with Gasteiger partial charge in [-0.1, -0.05) is 41.4 Å². The SMILES string of the molecule is Cn1cc(S(=O)(=O)N2CCC[C@@H](C(=O)Nc3nn(Cc4ccccc4Cl)cc3Cl)C2)cn1. The second kappa shape index (κ2) is 9.22. The van der Waals surface area contributed by atoms with E-state index in [1.54, 1.807) is 24.0 Å². The van der Waals surface area contributed by atoms with E-state index in [0.29, 0.717) is 36.0 Å². The number of anilines is 1. The highest BCUT2D eigenvalue weighted by atomic mass is 35.5. The minimum atomic E-state index is -3.71. The Bertz CT molecular complexity index is 1240. The van der Waals surface area contributed by atoms with Gasteiger partial charge in [0.15, 0.2) is 5.82 Å². The van der Waals surface area contributed by atoms with Crippen LogP contribution in [-0.4, -0.2) is 51.3 Å². The molecule has 1 amide bonds. The Balaban J connectivity index is 1.44. The summed E-state index contributed by atoms with van der Waals surface area (Å²) in [6.45, 7) is 0.838. The van der Waals surface area contributed by atoms with Crippen LogP contribution in [0.2, 0.25) is 10.0 Å². The molecule has 4 rings (SSSR count). The molecule has 0 aliphatic carbocycles. The normalized spacial score (nSPS) is 17.4. The zero-order valence-electron chi connectivity index (χ0n) is 17.3. The standard InChI is InChI=1S/C20H22Cl2N6O3S/c1-26-12-16(9-23-26)32(30,31)28-8-4-6-15(11-28)20(29)24-19-18(22)13-27(25-19)10-14-5-2-3-7-17(14)21/h2-3,5,7,9,12-13,15H,4,6,8,10-11H2,1H3,(H,24,25,29)/t15-/m1/s1. The summed E-state index contributed by atoms with van der Waals surface area (Å²) in [7, 11) is -2.06. The van der Waals surface area contributed by atoms with Gasteiger partial charge in [-0.15, -0.1) is 0 Å². The van der Waals surface area contributed by atoms with Crippen molar-refractivity contribution in [3.8, 4) is 0 Å². The molecule has 1 aliphatic rings. The molecule has 9 nitrogen and oxygen atoms in total. The summed E-state index contributed by atoms with van der Waals surface area (Å²) in [6, 6.07) is 7.40. The minimum Gasteiger partial charge on any atom is -0.308 e. The first-order valence-electron chi connectivity index (χ1n) is 10.00. The molecular weight excluding hydrogens is 475 g/mol. The number of aromatic nitrogens is 4. The van der Waals surface area contributed by atoms with Crippen molar-refractivity contribution in [2.75, 3.05) is 18.4 Å². The van der Waals surface area contributed by atoms with Gasteiger partial charge in [0.1, 0.15) is 9.92 Å². The van der Waals surface area contributed by atoms with Gasteiger partial charge >= 0.3 is 0 Å². The summed E-state index contributed by atoms with van der Waals surface area (Å²) in [5, 5.41) is 11.9. The number of carbonyl (C=O) groups excluding carboxylic acids is 1. The Labute approximate surface area is 196 Å². The van der Waals surface area contributed by atoms with Crippen LogP contribution >= 0.6 is 23.2 Å². The number of benzene rings is 1. The Morgan fingerprint density at radius 2 is 2.00 bits per heavy atom. The number of nitrogens with zero attached hydrogens (tertiary/aromatic N) is 5. The number of aryl methyl sites for hydroxylation is 1. The third-order valence-electron chi connectivity index (χ3n) is 5.32. The highest BCUT2D eigenvalue weighted by Crippen LogP contribution is 2.26. The molecule has 1 aliphatic heterocycles. The Morgan fingerprint density at radius 3 is 2.72 bits per heavy atom. The number of hydrogen-bond donors (Lipinski definition) is 1. The fourth-order valence-electron chi connectivity index (χ4n) is 3.64. The lowest BCUT2D eigenvalue weighted by Gasteiger charge is -2.30. The van der Waals surface area contributed by atoms with Gasteiger partial charge in [0, 0.05) is 37.6 Å². The number of rotatable bonds is 6. The average Bonchev–Trinajstić information content (AvgIpc) is 3.35. The lowest BCUT2D eigenvalue weighted by Crippen LogP contribution is -2.43. The van der Waals surface area contributed by atoms with E-state index in [1.165, 1.54) is 21.4 Å². The van der Waals surface area contributed by atoms with Crippen molar-refractivity contribution < 1.29 is 13.2 Å². The topological polar surface area (TPSA) is 102 Å². The predicted octanol–water partition coefficient (Wildman–Crippen LogP) is 3.01. The molecule has 2 aromatic heterocycles. The summed E-state index contributed by atoms with van der Waals surface area (Å²) < 4.78 is 30.1. The third kappa shape index (κ3) is 4.83. The van der Waals surface area contributed by atoms with Gasteiger partial charge in [0.05, 0.1) is 18.7 Å². The van der Waals surface area contributed by atoms with E-state index in [1.807, 2.05) is 18.2 Å².